The van der Waals surface area contributed by atoms with Crippen molar-refractivity contribution in [2.75, 3.05) is 27.7 Å². The fourth-order valence-corrected chi connectivity index (χ4v) is 3.03. The van der Waals surface area contributed by atoms with Crippen molar-refractivity contribution in [1.82, 2.24) is 9.80 Å². The van der Waals surface area contributed by atoms with Crippen LogP contribution in [0.2, 0.25) is 0 Å². The Morgan fingerprint density at radius 2 is 1.78 bits per heavy atom. The number of rotatable bonds is 6. The fraction of sp³-hybridized carbons (Fsp3) is 0.261. The van der Waals surface area contributed by atoms with E-state index in [1.54, 1.807) is 0 Å². The monoisotopic (exact) mass is 360 g/mol. The van der Waals surface area contributed by atoms with Gasteiger partial charge in [-0.15, -0.1) is 0 Å². The molecule has 0 amide bonds. The van der Waals surface area contributed by atoms with Gasteiger partial charge in [-0.2, -0.15) is 0 Å². The van der Waals surface area contributed by atoms with Crippen LogP contribution in [0.15, 0.2) is 65.3 Å². The Morgan fingerprint density at radius 3 is 2.48 bits per heavy atom. The second kappa shape index (κ2) is 8.69. The van der Waals surface area contributed by atoms with Gasteiger partial charge in [0.2, 0.25) is 0 Å². The number of nitrogens with two attached hydrogens (primary N) is 1. The van der Waals surface area contributed by atoms with E-state index in [4.69, 9.17) is 5.73 Å². The van der Waals surface area contributed by atoms with Crippen molar-refractivity contribution in [3.63, 3.8) is 0 Å². The van der Waals surface area contributed by atoms with Crippen LogP contribution in [-0.4, -0.2) is 43.4 Å². The van der Waals surface area contributed by atoms with Crippen molar-refractivity contribution >= 4 is 18.1 Å². The van der Waals surface area contributed by atoms with Crippen LogP contribution in [0.25, 0.3) is 12.2 Å². The van der Waals surface area contributed by atoms with Crippen molar-refractivity contribution in [3.05, 3.63) is 82.6 Å². The van der Waals surface area contributed by atoms with Crippen LogP contribution < -0.4 is 5.73 Å². The smallest absolute Gasteiger partial charge is 0.196 e. The highest BCUT2D eigenvalue weighted by Gasteiger charge is 2.09. The molecule has 0 saturated heterocycles. The molecule has 0 aliphatic carbocycles. The topological polar surface area (TPSA) is 44.9 Å². The summed E-state index contributed by atoms with van der Waals surface area (Å²) in [5.74, 6) is 0.585. The third-order valence-electron chi connectivity index (χ3n) is 4.53. The Morgan fingerprint density at radius 1 is 1.04 bits per heavy atom. The molecule has 1 aliphatic heterocycles. The van der Waals surface area contributed by atoms with E-state index < -0.39 is 0 Å². The normalized spacial score (nSPS) is 14.6. The van der Waals surface area contributed by atoms with Crippen LogP contribution >= 0.6 is 0 Å². The van der Waals surface area contributed by atoms with Crippen molar-refractivity contribution < 1.29 is 0 Å². The third-order valence-corrected chi connectivity index (χ3v) is 4.53. The highest BCUT2D eigenvalue weighted by Crippen LogP contribution is 2.16. The molecule has 0 aromatic heterocycles. The quantitative estimate of drug-likeness (QED) is 0.801. The van der Waals surface area contributed by atoms with E-state index in [0.29, 0.717) is 5.96 Å². The maximum absolute atomic E-state index is 5.92. The largest absolute Gasteiger partial charge is 0.369 e. The number of nitrogens with zero attached hydrogens (tertiary/aromatic N) is 3. The van der Waals surface area contributed by atoms with Crippen LogP contribution in [0.3, 0.4) is 0 Å². The van der Waals surface area contributed by atoms with Crippen LogP contribution in [0.4, 0.5) is 0 Å². The molecule has 0 atom stereocenters. The summed E-state index contributed by atoms with van der Waals surface area (Å²) in [5, 5.41) is 0. The van der Waals surface area contributed by atoms with Gasteiger partial charge in [0.15, 0.2) is 5.96 Å². The fourth-order valence-electron chi connectivity index (χ4n) is 3.03. The summed E-state index contributed by atoms with van der Waals surface area (Å²) in [4.78, 5) is 8.58. The van der Waals surface area contributed by atoms with Gasteiger partial charge in [0.05, 0.1) is 0 Å². The van der Waals surface area contributed by atoms with Gasteiger partial charge in [-0.1, -0.05) is 60.7 Å². The Balaban J connectivity index is 1.66. The molecule has 2 N–H and O–H groups in total. The molecular weight excluding hydrogens is 332 g/mol. The number of guanidine groups is 1. The van der Waals surface area contributed by atoms with Crippen molar-refractivity contribution in [1.29, 1.82) is 0 Å². The molecule has 1 aliphatic rings. The standard InChI is InChI=1S/C23H28N4/c1-26(2)17-20-11-8-18(9-12-20)7-10-19-5-4-6-21(15-19)16-22-13-14-27(3)23(24)25-22/h4-13,15H,14,16-17H2,1-3H3,(H2,24,25). The van der Waals surface area contributed by atoms with E-state index in [1.165, 1.54) is 22.3 Å². The number of aliphatic imine (C=N–C) groups is 1. The molecule has 2 aromatic carbocycles. The number of likely N-dealkylation sites (N-methyl/N-ethyl adjacent to an activating group) is 1. The Hall–Kier alpha value is -2.85. The number of allylic oxidation sites excluding steroid dienone is 1. The molecule has 3 rings (SSSR count). The van der Waals surface area contributed by atoms with Crippen LogP contribution in [0.5, 0.6) is 0 Å². The summed E-state index contributed by atoms with van der Waals surface area (Å²) in [5.41, 5.74) is 11.9. The SMILES string of the molecule is CN(C)Cc1ccc(C=Cc2cccc(CC3=CCN(C)C(N)=N3)c2)cc1. The summed E-state index contributed by atoms with van der Waals surface area (Å²) in [6.07, 6.45) is 7.25. The molecule has 0 spiro atoms. The van der Waals surface area contributed by atoms with Crippen LogP contribution in [0.1, 0.15) is 22.3 Å². The average molecular weight is 361 g/mol. The van der Waals surface area contributed by atoms with Gasteiger partial charge in [0.25, 0.3) is 0 Å². The predicted molar refractivity (Wildman–Crippen MR) is 115 cm³/mol. The van der Waals surface area contributed by atoms with E-state index in [2.05, 4.69) is 90.7 Å². The molecule has 1 heterocycles. The van der Waals surface area contributed by atoms with Gasteiger partial charge in [0, 0.05) is 32.3 Å². The number of hydrogen-bond donors (Lipinski definition) is 1. The number of hydrogen-bond acceptors (Lipinski definition) is 4. The molecular formula is C23H28N4. The van der Waals surface area contributed by atoms with Crippen molar-refractivity contribution in [2.24, 2.45) is 10.7 Å². The minimum atomic E-state index is 0.585. The molecule has 0 unspecified atom stereocenters. The first-order chi connectivity index (χ1) is 13.0. The van der Waals surface area contributed by atoms with Gasteiger partial charge in [0.1, 0.15) is 0 Å². The molecule has 0 bridgehead atoms. The van der Waals surface area contributed by atoms with Gasteiger partial charge in [-0.3, -0.25) is 0 Å². The van der Waals surface area contributed by atoms with E-state index in [1.807, 2.05) is 11.9 Å². The molecule has 4 heteroatoms. The highest BCUT2D eigenvalue weighted by molar-refractivity contribution is 5.80. The second-order valence-corrected chi connectivity index (χ2v) is 7.28. The zero-order valence-corrected chi connectivity index (χ0v) is 16.4. The summed E-state index contributed by atoms with van der Waals surface area (Å²) in [6, 6.07) is 17.3. The minimum absolute atomic E-state index is 0.585. The maximum atomic E-state index is 5.92. The molecule has 0 saturated carbocycles. The molecule has 4 nitrogen and oxygen atoms in total. The zero-order chi connectivity index (χ0) is 19.2. The minimum Gasteiger partial charge on any atom is -0.369 e. The Kier molecular flexibility index (Phi) is 6.09. The molecule has 0 radical (unpaired) electrons. The third kappa shape index (κ3) is 5.56. The van der Waals surface area contributed by atoms with Gasteiger partial charge in [-0.05, 0) is 42.4 Å². The van der Waals surface area contributed by atoms with E-state index in [9.17, 15) is 0 Å². The van der Waals surface area contributed by atoms with E-state index in [-0.39, 0.29) is 0 Å². The van der Waals surface area contributed by atoms with Crippen molar-refractivity contribution in [2.45, 2.75) is 13.0 Å². The van der Waals surface area contributed by atoms with E-state index >= 15 is 0 Å². The zero-order valence-electron chi connectivity index (χ0n) is 16.4. The molecule has 140 valence electrons. The molecule has 0 fully saturated rings. The summed E-state index contributed by atoms with van der Waals surface area (Å²) < 4.78 is 0. The van der Waals surface area contributed by atoms with Crippen LogP contribution in [-0.2, 0) is 13.0 Å². The van der Waals surface area contributed by atoms with Crippen molar-refractivity contribution in [3.8, 4) is 0 Å². The first-order valence-electron chi connectivity index (χ1n) is 9.24. The lowest BCUT2D eigenvalue weighted by Gasteiger charge is -2.21. The summed E-state index contributed by atoms with van der Waals surface area (Å²) in [7, 11) is 6.12. The van der Waals surface area contributed by atoms with Gasteiger partial charge < -0.3 is 15.5 Å². The second-order valence-electron chi connectivity index (χ2n) is 7.28. The predicted octanol–water partition coefficient (Wildman–Crippen LogP) is 3.61. The molecule has 27 heavy (non-hydrogen) atoms. The van der Waals surface area contributed by atoms with Gasteiger partial charge >= 0.3 is 0 Å². The summed E-state index contributed by atoms with van der Waals surface area (Å²) >= 11 is 0. The first-order valence-corrected chi connectivity index (χ1v) is 9.24. The lowest BCUT2D eigenvalue weighted by Crippen LogP contribution is -2.36. The Bertz CT molecular complexity index is 860. The summed E-state index contributed by atoms with van der Waals surface area (Å²) in [6.45, 7) is 1.78. The van der Waals surface area contributed by atoms with E-state index in [0.717, 1.165) is 25.2 Å². The lowest BCUT2D eigenvalue weighted by molar-refractivity contribution is 0.402. The Labute approximate surface area is 162 Å². The van der Waals surface area contributed by atoms with Gasteiger partial charge in [-0.25, -0.2) is 4.99 Å². The average Bonchev–Trinajstić information content (AvgIpc) is 2.64. The molecule has 2 aromatic rings. The lowest BCUT2D eigenvalue weighted by atomic mass is 10.0. The maximum Gasteiger partial charge on any atom is 0.196 e. The highest BCUT2D eigenvalue weighted by atomic mass is 15.2. The first kappa shape index (κ1) is 18.9. The number of benzene rings is 2. The van der Waals surface area contributed by atoms with Crippen LogP contribution in [0, 0.1) is 0 Å².